The number of hydrogen-bond donors (Lipinski definition) is 2. The highest BCUT2D eigenvalue weighted by Gasteiger charge is 2.15. The Bertz CT molecular complexity index is 330. The molecule has 1 aromatic rings. The fraction of sp³-hybridized carbons (Fsp3) is 0.818. The van der Waals surface area contributed by atoms with E-state index in [1.165, 1.54) is 32.1 Å². The predicted octanol–water partition coefficient (Wildman–Crippen LogP) is 0.971. The molecule has 1 amide bonds. The molecule has 0 unspecified atom stereocenters. The maximum absolute atomic E-state index is 11.7. The SMILES string of the molecule is O=C(Cc1nn[nH]n1)NC1CCCCCCC1. The van der Waals surface area contributed by atoms with Gasteiger partial charge in [-0.25, -0.2) is 0 Å². The second kappa shape index (κ2) is 6.32. The minimum atomic E-state index is -0.00280. The lowest BCUT2D eigenvalue weighted by Crippen LogP contribution is -2.36. The summed E-state index contributed by atoms with van der Waals surface area (Å²) in [5.41, 5.74) is 0. The summed E-state index contributed by atoms with van der Waals surface area (Å²) in [4.78, 5) is 11.7. The van der Waals surface area contributed by atoms with E-state index in [1.54, 1.807) is 0 Å². The number of nitrogens with one attached hydrogen (secondary N) is 2. The monoisotopic (exact) mass is 237 g/mol. The molecule has 1 fully saturated rings. The number of carbonyl (C=O) groups is 1. The Hall–Kier alpha value is -1.46. The summed E-state index contributed by atoms with van der Waals surface area (Å²) in [6, 6.07) is 0.328. The molecule has 1 aliphatic carbocycles. The molecule has 1 heterocycles. The molecule has 2 rings (SSSR count). The van der Waals surface area contributed by atoms with E-state index in [-0.39, 0.29) is 12.3 Å². The van der Waals surface area contributed by atoms with Crippen LogP contribution in [0.25, 0.3) is 0 Å². The van der Waals surface area contributed by atoms with Crippen LogP contribution in [0, 0.1) is 0 Å². The summed E-state index contributed by atoms with van der Waals surface area (Å²) >= 11 is 0. The number of aromatic amines is 1. The van der Waals surface area contributed by atoms with E-state index in [2.05, 4.69) is 25.9 Å². The summed E-state index contributed by atoms with van der Waals surface area (Å²) in [5.74, 6) is 0.449. The van der Waals surface area contributed by atoms with Crippen LogP contribution in [-0.4, -0.2) is 32.6 Å². The third kappa shape index (κ3) is 4.13. The second-order valence-corrected chi connectivity index (χ2v) is 4.61. The van der Waals surface area contributed by atoms with Gasteiger partial charge in [-0.3, -0.25) is 4.79 Å². The number of tetrazole rings is 1. The minimum absolute atomic E-state index is 0.00280. The van der Waals surface area contributed by atoms with Gasteiger partial charge >= 0.3 is 0 Å². The average molecular weight is 237 g/mol. The van der Waals surface area contributed by atoms with Gasteiger partial charge in [-0.05, 0) is 12.8 Å². The molecule has 94 valence electrons. The Morgan fingerprint density at radius 2 is 1.94 bits per heavy atom. The zero-order chi connectivity index (χ0) is 11.9. The molecule has 0 bridgehead atoms. The molecule has 0 radical (unpaired) electrons. The molecular weight excluding hydrogens is 218 g/mol. The highest BCUT2D eigenvalue weighted by Crippen LogP contribution is 2.17. The fourth-order valence-electron chi connectivity index (χ4n) is 2.28. The number of H-pyrrole nitrogens is 1. The van der Waals surface area contributed by atoms with Crippen molar-refractivity contribution in [1.82, 2.24) is 25.9 Å². The lowest BCUT2D eigenvalue weighted by Gasteiger charge is -2.20. The normalized spacial score (nSPS) is 18.4. The van der Waals surface area contributed by atoms with Crippen molar-refractivity contribution in [3.63, 3.8) is 0 Å². The van der Waals surface area contributed by atoms with Gasteiger partial charge in [-0.15, -0.1) is 10.2 Å². The summed E-state index contributed by atoms with van der Waals surface area (Å²) in [7, 11) is 0. The molecule has 2 N–H and O–H groups in total. The van der Waals surface area contributed by atoms with Gasteiger partial charge in [0.2, 0.25) is 5.91 Å². The number of hydrogen-bond acceptors (Lipinski definition) is 4. The Labute approximate surface area is 101 Å². The first-order chi connectivity index (χ1) is 8.34. The quantitative estimate of drug-likeness (QED) is 0.820. The van der Waals surface area contributed by atoms with Crippen LogP contribution >= 0.6 is 0 Å². The fourth-order valence-corrected chi connectivity index (χ4v) is 2.28. The number of aromatic nitrogens is 4. The van der Waals surface area contributed by atoms with Crippen LogP contribution in [0.3, 0.4) is 0 Å². The van der Waals surface area contributed by atoms with Gasteiger partial charge < -0.3 is 5.32 Å². The Kier molecular flexibility index (Phi) is 4.46. The summed E-state index contributed by atoms with van der Waals surface area (Å²) in [6.45, 7) is 0. The van der Waals surface area contributed by atoms with E-state index in [4.69, 9.17) is 0 Å². The number of amides is 1. The van der Waals surface area contributed by atoms with E-state index < -0.39 is 0 Å². The van der Waals surface area contributed by atoms with Crippen molar-refractivity contribution in [1.29, 1.82) is 0 Å². The third-order valence-electron chi connectivity index (χ3n) is 3.18. The van der Waals surface area contributed by atoms with E-state index in [0.717, 1.165) is 12.8 Å². The van der Waals surface area contributed by atoms with Crippen LogP contribution in [0.4, 0.5) is 0 Å². The van der Waals surface area contributed by atoms with Crippen molar-refractivity contribution in [2.75, 3.05) is 0 Å². The highest BCUT2D eigenvalue weighted by molar-refractivity contribution is 5.77. The van der Waals surface area contributed by atoms with Crippen molar-refractivity contribution >= 4 is 5.91 Å². The number of rotatable bonds is 3. The molecule has 0 spiro atoms. The molecule has 0 aromatic carbocycles. The van der Waals surface area contributed by atoms with Crippen LogP contribution < -0.4 is 5.32 Å². The zero-order valence-electron chi connectivity index (χ0n) is 9.98. The van der Waals surface area contributed by atoms with Crippen LogP contribution in [-0.2, 0) is 11.2 Å². The molecule has 0 saturated heterocycles. The van der Waals surface area contributed by atoms with E-state index in [9.17, 15) is 4.79 Å². The van der Waals surface area contributed by atoms with Crippen LogP contribution in [0.2, 0.25) is 0 Å². The van der Waals surface area contributed by atoms with Crippen LogP contribution in [0.5, 0.6) is 0 Å². The maximum atomic E-state index is 11.7. The molecule has 17 heavy (non-hydrogen) atoms. The van der Waals surface area contributed by atoms with E-state index in [1.807, 2.05) is 0 Å². The van der Waals surface area contributed by atoms with Gasteiger partial charge in [0.05, 0.1) is 6.42 Å². The van der Waals surface area contributed by atoms with Gasteiger partial charge in [0.15, 0.2) is 5.82 Å². The summed E-state index contributed by atoms with van der Waals surface area (Å²) in [5, 5.41) is 16.4. The van der Waals surface area contributed by atoms with Gasteiger partial charge in [0.25, 0.3) is 0 Å². The molecule has 6 nitrogen and oxygen atoms in total. The smallest absolute Gasteiger partial charge is 0.228 e. The Morgan fingerprint density at radius 1 is 1.24 bits per heavy atom. The molecule has 0 atom stereocenters. The average Bonchev–Trinajstić information content (AvgIpc) is 2.74. The van der Waals surface area contributed by atoms with E-state index in [0.29, 0.717) is 11.9 Å². The summed E-state index contributed by atoms with van der Waals surface area (Å²) < 4.78 is 0. The summed E-state index contributed by atoms with van der Waals surface area (Å²) in [6.07, 6.45) is 8.75. The maximum Gasteiger partial charge on any atom is 0.228 e. The molecule has 1 aromatic heterocycles. The van der Waals surface area contributed by atoms with Crippen molar-refractivity contribution in [3.8, 4) is 0 Å². The first-order valence-electron chi connectivity index (χ1n) is 6.36. The first kappa shape index (κ1) is 12.0. The van der Waals surface area contributed by atoms with Crippen LogP contribution in [0.15, 0.2) is 0 Å². The van der Waals surface area contributed by atoms with E-state index >= 15 is 0 Å². The van der Waals surface area contributed by atoms with Crippen LogP contribution in [0.1, 0.15) is 50.8 Å². The molecule has 1 aliphatic rings. The Morgan fingerprint density at radius 3 is 2.59 bits per heavy atom. The second-order valence-electron chi connectivity index (χ2n) is 4.61. The minimum Gasteiger partial charge on any atom is -0.353 e. The first-order valence-corrected chi connectivity index (χ1v) is 6.36. The topological polar surface area (TPSA) is 83.6 Å². The van der Waals surface area contributed by atoms with Gasteiger partial charge in [0, 0.05) is 6.04 Å². The highest BCUT2D eigenvalue weighted by atomic mass is 16.1. The lowest BCUT2D eigenvalue weighted by atomic mass is 9.96. The molecule has 6 heteroatoms. The standard InChI is InChI=1S/C11H19N5O/c17-11(8-10-13-15-16-14-10)12-9-6-4-2-1-3-5-7-9/h9H,1-8H2,(H,12,17)(H,13,14,15,16). The largest absolute Gasteiger partial charge is 0.353 e. The van der Waals surface area contributed by atoms with Gasteiger partial charge in [-0.1, -0.05) is 37.3 Å². The van der Waals surface area contributed by atoms with Gasteiger partial charge in [0.1, 0.15) is 0 Å². The van der Waals surface area contributed by atoms with Crippen molar-refractivity contribution in [2.24, 2.45) is 0 Å². The van der Waals surface area contributed by atoms with Crippen molar-refractivity contribution in [2.45, 2.75) is 57.4 Å². The van der Waals surface area contributed by atoms with Crippen molar-refractivity contribution < 1.29 is 4.79 Å². The third-order valence-corrected chi connectivity index (χ3v) is 3.18. The zero-order valence-corrected chi connectivity index (χ0v) is 9.98. The number of carbonyl (C=O) groups excluding carboxylic acids is 1. The molecular formula is C11H19N5O. The lowest BCUT2D eigenvalue weighted by molar-refractivity contribution is -0.121. The van der Waals surface area contributed by atoms with Crippen molar-refractivity contribution in [3.05, 3.63) is 5.82 Å². The number of nitrogens with zero attached hydrogens (tertiary/aromatic N) is 3. The Balaban J connectivity index is 1.76. The molecule has 0 aliphatic heterocycles. The molecule has 1 saturated carbocycles. The predicted molar refractivity (Wildman–Crippen MR) is 62.1 cm³/mol. The van der Waals surface area contributed by atoms with Gasteiger partial charge in [-0.2, -0.15) is 5.21 Å².